The van der Waals surface area contributed by atoms with Crippen molar-refractivity contribution in [3.05, 3.63) is 76.5 Å². The number of alkyl halides is 3. The van der Waals surface area contributed by atoms with E-state index in [0.29, 0.717) is 11.1 Å². The van der Waals surface area contributed by atoms with Crippen LogP contribution in [0.4, 0.5) is 18.9 Å². The monoisotopic (exact) mass is 424 g/mol. The number of benzene rings is 2. The van der Waals surface area contributed by atoms with Crippen LogP contribution in [0.3, 0.4) is 0 Å². The Morgan fingerprint density at radius 1 is 1.10 bits per heavy atom. The highest BCUT2D eigenvalue weighted by Crippen LogP contribution is 2.42. The summed E-state index contributed by atoms with van der Waals surface area (Å²) in [5.74, 6) is -4.39. The fourth-order valence-electron chi connectivity index (χ4n) is 3.66. The molecule has 0 aliphatic carbocycles. The summed E-state index contributed by atoms with van der Waals surface area (Å²) in [6.45, 7) is 1.42. The molecular weight excluding hydrogens is 409 g/mol. The van der Waals surface area contributed by atoms with E-state index in [1.807, 2.05) is 12.1 Å². The maximum Gasteiger partial charge on any atom is 0.416 e. The van der Waals surface area contributed by atoms with Gasteiger partial charge in [0, 0.05) is 17.3 Å². The van der Waals surface area contributed by atoms with Crippen LogP contribution in [0.25, 0.3) is 0 Å². The third-order valence-corrected chi connectivity index (χ3v) is 5.11. The number of rotatable bonds is 3. The van der Waals surface area contributed by atoms with Crippen molar-refractivity contribution in [1.29, 1.82) is 10.5 Å². The van der Waals surface area contributed by atoms with Crippen molar-refractivity contribution in [1.82, 2.24) is 0 Å². The summed E-state index contributed by atoms with van der Waals surface area (Å²) in [5.41, 5.74) is 5.25. The lowest BCUT2D eigenvalue weighted by molar-refractivity contribution is -0.138. The van der Waals surface area contributed by atoms with Crippen LogP contribution in [-0.2, 0) is 15.8 Å². The van der Waals surface area contributed by atoms with Crippen LogP contribution in [0, 0.1) is 28.6 Å². The summed E-state index contributed by atoms with van der Waals surface area (Å²) in [5, 5.41) is 18.8. The fraction of sp³-hybridized carbons (Fsp3) is 0.182. The molecule has 1 aliphatic rings. The standard InChI is InChI=1S/C22H15F3N4O2/c1-12-17(11-27)18(14-7-5-13(10-26)6-8-14)19(20(28)30)21(31)29(12)16-4-2-3-15(9-16)22(23,24)25/h2-9,18-19H,1H3,(H2,28,30). The van der Waals surface area contributed by atoms with Crippen molar-refractivity contribution >= 4 is 17.5 Å². The number of nitriles is 2. The lowest BCUT2D eigenvalue weighted by Gasteiger charge is -2.37. The molecule has 0 aromatic heterocycles. The lowest BCUT2D eigenvalue weighted by Crippen LogP contribution is -2.48. The molecule has 2 atom stereocenters. The molecule has 2 unspecified atom stereocenters. The van der Waals surface area contributed by atoms with Gasteiger partial charge in [0.25, 0.3) is 0 Å². The van der Waals surface area contributed by atoms with Gasteiger partial charge in [-0.3, -0.25) is 14.5 Å². The number of carbonyl (C=O) groups excluding carboxylic acids is 2. The zero-order chi connectivity index (χ0) is 22.9. The number of allylic oxidation sites excluding steroid dienone is 2. The largest absolute Gasteiger partial charge is 0.416 e. The lowest BCUT2D eigenvalue weighted by atomic mass is 9.76. The molecule has 6 nitrogen and oxygen atoms in total. The number of hydrogen-bond donors (Lipinski definition) is 1. The molecular formula is C22H15F3N4O2. The van der Waals surface area contributed by atoms with Gasteiger partial charge < -0.3 is 5.73 Å². The van der Waals surface area contributed by atoms with Gasteiger partial charge in [-0.15, -0.1) is 0 Å². The van der Waals surface area contributed by atoms with Gasteiger partial charge in [0.15, 0.2) is 0 Å². The number of anilines is 1. The first-order valence-electron chi connectivity index (χ1n) is 9.01. The molecule has 0 saturated carbocycles. The van der Waals surface area contributed by atoms with Gasteiger partial charge in [-0.25, -0.2) is 0 Å². The first kappa shape index (κ1) is 21.6. The number of hydrogen-bond acceptors (Lipinski definition) is 4. The number of amides is 2. The number of nitrogens with two attached hydrogens (primary N) is 1. The second kappa shape index (κ2) is 7.96. The molecule has 1 aliphatic heterocycles. The molecule has 2 amide bonds. The van der Waals surface area contributed by atoms with Crippen LogP contribution in [0.5, 0.6) is 0 Å². The minimum Gasteiger partial charge on any atom is -0.369 e. The summed E-state index contributed by atoms with van der Waals surface area (Å²) >= 11 is 0. The smallest absolute Gasteiger partial charge is 0.369 e. The van der Waals surface area contributed by atoms with Gasteiger partial charge in [0.1, 0.15) is 5.92 Å². The van der Waals surface area contributed by atoms with Crippen LogP contribution in [0.15, 0.2) is 59.8 Å². The third-order valence-electron chi connectivity index (χ3n) is 5.11. The molecule has 31 heavy (non-hydrogen) atoms. The topological polar surface area (TPSA) is 111 Å². The van der Waals surface area contributed by atoms with Gasteiger partial charge in [0.05, 0.1) is 28.8 Å². The van der Waals surface area contributed by atoms with Gasteiger partial charge in [-0.1, -0.05) is 18.2 Å². The van der Waals surface area contributed by atoms with E-state index in [0.717, 1.165) is 23.1 Å². The molecule has 0 radical (unpaired) electrons. The minimum atomic E-state index is -4.64. The van der Waals surface area contributed by atoms with Crippen LogP contribution >= 0.6 is 0 Å². The Kier molecular flexibility index (Phi) is 5.54. The van der Waals surface area contributed by atoms with Gasteiger partial charge in [0.2, 0.25) is 11.8 Å². The average Bonchev–Trinajstić information content (AvgIpc) is 2.73. The Morgan fingerprint density at radius 3 is 2.26 bits per heavy atom. The first-order chi connectivity index (χ1) is 14.6. The van der Waals surface area contributed by atoms with E-state index in [1.54, 1.807) is 0 Å². The van der Waals surface area contributed by atoms with E-state index in [9.17, 15) is 28.0 Å². The zero-order valence-corrected chi connectivity index (χ0v) is 16.1. The molecule has 0 saturated heterocycles. The number of carbonyl (C=O) groups is 2. The van der Waals surface area contributed by atoms with E-state index in [-0.39, 0.29) is 17.0 Å². The number of halogens is 3. The summed E-state index contributed by atoms with van der Waals surface area (Å²) < 4.78 is 39.5. The summed E-state index contributed by atoms with van der Waals surface area (Å²) in [6.07, 6.45) is -4.64. The Labute approximate surface area is 175 Å². The molecule has 3 rings (SSSR count). The molecule has 2 aromatic rings. The van der Waals surface area contributed by atoms with E-state index >= 15 is 0 Å². The molecule has 0 bridgehead atoms. The van der Waals surface area contributed by atoms with Crippen LogP contribution in [-0.4, -0.2) is 11.8 Å². The first-order valence-corrected chi connectivity index (χ1v) is 9.01. The average molecular weight is 424 g/mol. The third kappa shape index (κ3) is 3.86. The Morgan fingerprint density at radius 2 is 1.74 bits per heavy atom. The van der Waals surface area contributed by atoms with Crippen LogP contribution < -0.4 is 10.6 Å². The molecule has 0 fully saturated rings. The van der Waals surface area contributed by atoms with E-state index in [4.69, 9.17) is 11.0 Å². The van der Waals surface area contributed by atoms with E-state index in [1.165, 1.54) is 37.3 Å². The van der Waals surface area contributed by atoms with Crippen molar-refractivity contribution < 1.29 is 22.8 Å². The molecule has 2 N–H and O–H groups in total. The van der Waals surface area contributed by atoms with Gasteiger partial charge in [-0.2, -0.15) is 23.7 Å². The molecule has 9 heteroatoms. The maximum absolute atomic E-state index is 13.3. The van der Waals surface area contributed by atoms with Crippen molar-refractivity contribution in [2.75, 3.05) is 4.90 Å². The highest BCUT2D eigenvalue weighted by Gasteiger charge is 2.46. The second-order valence-electron chi connectivity index (χ2n) is 6.92. The summed E-state index contributed by atoms with van der Waals surface area (Å²) in [4.78, 5) is 26.4. The normalized spacial score (nSPS) is 19.0. The molecule has 156 valence electrons. The predicted octanol–water partition coefficient (Wildman–Crippen LogP) is 3.61. The van der Waals surface area contributed by atoms with Gasteiger partial charge >= 0.3 is 6.18 Å². The second-order valence-corrected chi connectivity index (χ2v) is 6.92. The van der Waals surface area contributed by atoms with Gasteiger partial charge in [-0.05, 0) is 42.8 Å². The maximum atomic E-state index is 13.3. The Hall–Kier alpha value is -4.11. The highest BCUT2D eigenvalue weighted by atomic mass is 19.4. The summed E-state index contributed by atoms with van der Waals surface area (Å²) in [7, 11) is 0. The quantitative estimate of drug-likeness (QED) is 0.759. The number of primary amides is 1. The SMILES string of the molecule is CC1=C(C#N)C(c2ccc(C#N)cc2)C(C(N)=O)C(=O)N1c1cccc(C(F)(F)F)c1. The van der Waals surface area contributed by atoms with E-state index < -0.39 is 35.4 Å². The van der Waals surface area contributed by atoms with Crippen LogP contribution in [0.2, 0.25) is 0 Å². The molecule has 0 spiro atoms. The fourth-order valence-corrected chi connectivity index (χ4v) is 3.66. The Bertz CT molecular complexity index is 1170. The van der Waals surface area contributed by atoms with Crippen LogP contribution in [0.1, 0.15) is 29.5 Å². The predicted molar refractivity (Wildman–Crippen MR) is 104 cm³/mol. The van der Waals surface area contributed by atoms with Crippen molar-refractivity contribution in [2.24, 2.45) is 11.7 Å². The summed E-state index contributed by atoms with van der Waals surface area (Å²) in [6, 6.07) is 13.9. The van der Waals surface area contributed by atoms with Crippen molar-refractivity contribution in [3.8, 4) is 12.1 Å². The van der Waals surface area contributed by atoms with Crippen molar-refractivity contribution in [3.63, 3.8) is 0 Å². The molecule has 1 heterocycles. The highest BCUT2D eigenvalue weighted by molar-refractivity contribution is 6.11. The number of nitrogens with zero attached hydrogens (tertiary/aromatic N) is 3. The van der Waals surface area contributed by atoms with E-state index in [2.05, 4.69) is 0 Å². The minimum absolute atomic E-state index is 0.0190. The zero-order valence-electron chi connectivity index (χ0n) is 16.1. The Balaban J connectivity index is 2.21. The van der Waals surface area contributed by atoms with Crippen molar-refractivity contribution in [2.45, 2.75) is 19.0 Å². The molecule has 2 aromatic carbocycles.